The van der Waals surface area contributed by atoms with E-state index in [2.05, 4.69) is 31.2 Å². The predicted octanol–water partition coefficient (Wildman–Crippen LogP) is 1.36. The van der Waals surface area contributed by atoms with Crippen LogP contribution in [0.3, 0.4) is 0 Å². The van der Waals surface area contributed by atoms with Gasteiger partial charge in [-0.1, -0.05) is 12.8 Å². The number of fused-ring (bicyclic) bond motifs is 1. The zero-order valence-electron chi connectivity index (χ0n) is 13.3. The van der Waals surface area contributed by atoms with Crippen molar-refractivity contribution in [3.05, 3.63) is 5.82 Å². The maximum atomic E-state index is 9.36. The van der Waals surface area contributed by atoms with Crippen LogP contribution in [-0.4, -0.2) is 55.4 Å². The van der Waals surface area contributed by atoms with Crippen LogP contribution in [0.1, 0.15) is 31.5 Å². The summed E-state index contributed by atoms with van der Waals surface area (Å²) in [4.78, 5) is 13.6. The molecule has 0 aromatic carbocycles. The van der Waals surface area contributed by atoms with Gasteiger partial charge in [0.25, 0.3) is 0 Å². The topological polar surface area (TPSA) is 77.3 Å². The smallest absolute Gasteiger partial charge is 0.236 e. The van der Waals surface area contributed by atoms with Gasteiger partial charge in [-0.2, -0.15) is 15.2 Å². The molecule has 2 aliphatic heterocycles. The highest BCUT2D eigenvalue weighted by molar-refractivity contribution is 5.80. The number of hydrogen-bond donors (Lipinski definition) is 1. The van der Waals surface area contributed by atoms with Gasteiger partial charge in [-0.25, -0.2) is 0 Å². The van der Waals surface area contributed by atoms with Gasteiger partial charge in [0.2, 0.25) is 5.82 Å². The summed E-state index contributed by atoms with van der Waals surface area (Å²) in [5, 5.41) is 12.8. The van der Waals surface area contributed by atoms with Gasteiger partial charge in [0.05, 0.1) is 13.2 Å². The molecule has 1 aromatic heterocycles. The molecule has 1 aromatic rings. The molecule has 122 valence electrons. The number of hydrogen-bond acceptors (Lipinski definition) is 7. The standard InChI is InChI=1S/C16H22N6O/c17-11-13-19-15(21-7-9-23-10-8-21)14-16(20-13)22(6-5-18-14)12-3-1-2-4-12/h12,18H,1-10H2. The number of ether oxygens (including phenoxy) is 1. The second-order valence-corrected chi connectivity index (χ2v) is 6.34. The zero-order chi connectivity index (χ0) is 15.6. The van der Waals surface area contributed by atoms with Crippen LogP contribution in [0.2, 0.25) is 0 Å². The summed E-state index contributed by atoms with van der Waals surface area (Å²) in [6.07, 6.45) is 5.02. The molecule has 4 rings (SSSR count). The average molecular weight is 314 g/mol. The van der Waals surface area contributed by atoms with Crippen molar-refractivity contribution in [3.8, 4) is 6.07 Å². The predicted molar refractivity (Wildman–Crippen MR) is 87.9 cm³/mol. The van der Waals surface area contributed by atoms with Crippen LogP contribution in [0.15, 0.2) is 0 Å². The Morgan fingerprint density at radius 2 is 1.83 bits per heavy atom. The molecule has 1 saturated carbocycles. The fraction of sp³-hybridized carbons (Fsp3) is 0.688. The number of morpholine rings is 1. The van der Waals surface area contributed by atoms with Crippen LogP contribution in [0, 0.1) is 11.3 Å². The van der Waals surface area contributed by atoms with E-state index in [-0.39, 0.29) is 5.82 Å². The molecule has 7 nitrogen and oxygen atoms in total. The monoisotopic (exact) mass is 314 g/mol. The Balaban J connectivity index is 1.75. The Morgan fingerprint density at radius 3 is 2.57 bits per heavy atom. The number of rotatable bonds is 2. The fourth-order valence-corrected chi connectivity index (χ4v) is 3.84. The van der Waals surface area contributed by atoms with Crippen molar-refractivity contribution in [2.75, 3.05) is 54.5 Å². The first-order chi connectivity index (χ1) is 11.4. The number of nitrogens with zero attached hydrogens (tertiary/aromatic N) is 5. The Hall–Kier alpha value is -2.07. The normalized spacial score (nSPS) is 21.7. The highest BCUT2D eigenvalue weighted by Gasteiger charge is 2.31. The SMILES string of the molecule is N#Cc1nc(N2CCOCC2)c2c(n1)N(C1CCCC1)CCN2. The highest BCUT2D eigenvalue weighted by atomic mass is 16.5. The largest absolute Gasteiger partial charge is 0.378 e. The Bertz CT molecular complexity index is 616. The molecule has 1 saturated heterocycles. The van der Waals surface area contributed by atoms with Gasteiger partial charge in [0.15, 0.2) is 11.6 Å². The lowest BCUT2D eigenvalue weighted by molar-refractivity contribution is 0.122. The molecule has 7 heteroatoms. The first-order valence-electron chi connectivity index (χ1n) is 8.52. The molecule has 1 N–H and O–H groups in total. The maximum Gasteiger partial charge on any atom is 0.236 e. The molecule has 23 heavy (non-hydrogen) atoms. The molecule has 3 heterocycles. The summed E-state index contributed by atoms with van der Waals surface area (Å²) in [6.45, 7) is 4.86. The molecule has 0 radical (unpaired) electrons. The Kier molecular flexibility index (Phi) is 3.92. The molecular weight excluding hydrogens is 292 g/mol. The minimum absolute atomic E-state index is 0.261. The van der Waals surface area contributed by atoms with Gasteiger partial charge in [-0.15, -0.1) is 0 Å². The Labute approximate surface area is 136 Å². The van der Waals surface area contributed by atoms with E-state index in [1.165, 1.54) is 25.7 Å². The molecule has 0 atom stereocenters. The number of anilines is 3. The van der Waals surface area contributed by atoms with Crippen molar-refractivity contribution in [2.24, 2.45) is 0 Å². The van der Waals surface area contributed by atoms with Crippen molar-refractivity contribution in [2.45, 2.75) is 31.7 Å². The summed E-state index contributed by atoms with van der Waals surface area (Å²) in [6, 6.07) is 2.68. The van der Waals surface area contributed by atoms with Gasteiger partial charge < -0.3 is 19.9 Å². The van der Waals surface area contributed by atoms with E-state index >= 15 is 0 Å². The summed E-state index contributed by atoms with van der Waals surface area (Å²) in [5.41, 5.74) is 0.990. The lowest BCUT2D eigenvalue weighted by Gasteiger charge is -2.38. The quantitative estimate of drug-likeness (QED) is 0.883. The molecule has 0 bridgehead atoms. The lowest BCUT2D eigenvalue weighted by Crippen LogP contribution is -2.43. The lowest BCUT2D eigenvalue weighted by atomic mass is 10.1. The first kappa shape index (κ1) is 14.5. The van der Waals surface area contributed by atoms with Crippen molar-refractivity contribution in [1.82, 2.24) is 9.97 Å². The fourth-order valence-electron chi connectivity index (χ4n) is 3.84. The van der Waals surface area contributed by atoms with Gasteiger partial charge in [0, 0.05) is 32.2 Å². The molecule has 0 amide bonds. The third-order valence-electron chi connectivity index (χ3n) is 4.97. The number of nitrogens with one attached hydrogen (secondary N) is 1. The van der Waals surface area contributed by atoms with E-state index in [0.29, 0.717) is 19.3 Å². The van der Waals surface area contributed by atoms with Crippen molar-refractivity contribution >= 4 is 17.3 Å². The van der Waals surface area contributed by atoms with Crippen molar-refractivity contribution in [1.29, 1.82) is 5.26 Å². The van der Waals surface area contributed by atoms with Crippen molar-refractivity contribution < 1.29 is 4.74 Å². The third-order valence-corrected chi connectivity index (χ3v) is 4.97. The minimum Gasteiger partial charge on any atom is -0.378 e. The van der Waals surface area contributed by atoms with Crippen LogP contribution in [0.25, 0.3) is 0 Å². The summed E-state index contributed by atoms with van der Waals surface area (Å²) >= 11 is 0. The van der Waals surface area contributed by atoms with E-state index in [0.717, 1.165) is 43.5 Å². The van der Waals surface area contributed by atoms with Gasteiger partial charge in [-0.05, 0) is 12.8 Å². The molecule has 1 aliphatic carbocycles. The molecule has 2 fully saturated rings. The van der Waals surface area contributed by atoms with E-state index in [4.69, 9.17) is 4.74 Å². The van der Waals surface area contributed by atoms with E-state index in [1.54, 1.807) is 0 Å². The zero-order valence-corrected chi connectivity index (χ0v) is 13.3. The van der Waals surface area contributed by atoms with Crippen LogP contribution in [0.4, 0.5) is 17.3 Å². The second-order valence-electron chi connectivity index (χ2n) is 6.34. The highest BCUT2D eigenvalue weighted by Crippen LogP contribution is 2.38. The van der Waals surface area contributed by atoms with Gasteiger partial charge in [-0.3, -0.25) is 0 Å². The molecular formula is C16H22N6O. The molecule has 3 aliphatic rings. The summed E-state index contributed by atoms with van der Waals surface area (Å²) in [5.74, 6) is 2.03. The van der Waals surface area contributed by atoms with Gasteiger partial charge in [0.1, 0.15) is 11.8 Å². The minimum atomic E-state index is 0.261. The van der Waals surface area contributed by atoms with E-state index in [9.17, 15) is 5.26 Å². The first-order valence-corrected chi connectivity index (χ1v) is 8.52. The maximum absolute atomic E-state index is 9.36. The van der Waals surface area contributed by atoms with Crippen LogP contribution >= 0.6 is 0 Å². The van der Waals surface area contributed by atoms with E-state index < -0.39 is 0 Å². The molecule has 0 spiro atoms. The second kappa shape index (κ2) is 6.20. The third kappa shape index (κ3) is 2.68. The van der Waals surface area contributed by atoms with E-state index in [1.807, 2.05) is 0 Å². The molecule has 0 unspecified atom stereocenters. The number of nitriles is 1. The van der Waals surface area contributed by atoms with Gasteiger partial charge >= 0.3 is 0 Å². The number of aromatic nitrogens is 2. The Morgan fingerprint density at radius 1 is 1.09 bits per heavy atom. The average Bonchev–Trinajstić information content (AvgIpc) is 3.15. The van der Waals surface area contributed by atoms with Crippen molar-refractivity contribution in [3.63, 3.8) is 0 Å². The van der Waals surface area contributed by atoms with Crippen LogP contribution in [0.5, 0.6) is 0 Å². The summed E-state index contributed by atoms with van der Waals surface area (Å²) in [7, 11) is 0. The summed E-state index contributed by atoms with van der Waals surface area (Å²) < 4.78 is 5.44. The van der Waals surface area contributed by atoms with Crippen LogP contribution in [-0.2, 0) is 4.74 Å². The van der Waals surface area contributed by atoms with Crippen LogP contribution < -0.4 is 15.1 Å².